The zero-order valence-electron chi connectivity index (χ0n) is 10.8. The molecule has 0 bridgehead atoms. The largest absolute Gasteiger partial charge is 0.314 e. The van der Waals surface area contributed by atoms with E-state index in [1.165, 1.54) is 11.4 Å². The lowest BCUT2D eigenvalue weighted by molar-refractivity contribution is 0.493. The number of hydrogen-bond donors (Lipinski definition) is 1. The summed E-state index contributed by atoms with van der Waals surface area (Å²) in [6.45, 7) is 9.78. The Morgan fingerprint density at radius 3 is 2.56 bits per heavy atom. The Morgan fingerprint density at radius 2 is 2.06 bits per heavy atom. The molecule has 0 saturated carbocycles. The fourth-order valence-corrected chi connectivity index (χ4v) is 2.37. The Hall–Kier alpha value is -0.480. The van der Waals surface area contributed by atoms with E-state index in [0.29, 0.717) is 12.0 Å². The normalized spacial score (nSPS) is 13.3. The van der Waals surface area contributed by atoms with Gasteiger partial charge in [-0.25, -0.2) is 4.98 Å². The van der Waals surface area contributed by atoms with E-state index in [9.17, 15) is 0 Å². The van der Waals surface area contributed by atoms with E-state index in [4.69, 9.17) is 0 Å². The summed E-state index contributed by atoms with van der Waals surface area (Å²) in [6, 6.07) is 0.549. The van der Waals surface area contributed by atoms with E-state index in [0.717, 1.165) is 25.2 Å². The Kier molecular flexibility index (Phi) is 5.91. The predicted molar refractivity (Wildman–Crippen MR) is 70.1 cm³/mol. The Balaban J connectivity index is 2.49. The number of rotatable bonds is 7. The third-order valence-electron chi connectivity index (χ3n) is 2.60. The summed E-state index contributed by atoms with van der Waals surface area (Å²) in [5, 5.41) is 4.71. The molecular weight excluding hydrogens is 218 g/mol. The summed E-state index contributed by atoms with van der Waals surface area (Å²) in [7, 11) is 0. The highest BCUT2D eigenvalue weighted by molar-refractivity contribution is 7.05. The van der Waals surface area contributed by atoms with Crippen molar-refractivity contribution in [2.45, 2.75) is 58.9 Å². The van der Waals surface area contributed by atoms with Crippen LogP contribution in [0.3, 0.4) is 0 Å². The molecule has 1 rings (SSSR count). The van der Waals surface area contributed by atoms with Crippen LogP contribution in [-0.4, -0.2) is 21.9 Å². The number of hydrogen-bond acceptors (Lipinski definition) is 4. The van der Waals surface area contributed by atoms with Crippen molar-refractivity contribution in [2.75, 3.05) is 6.54 Å². The summed E-state index contributed by atoms with van der Waals surface area (Å²) in [6.07, 6.45) is 3.35. The predicted octanol–water partition coefficient (Wildman–Crippen LogP) is 2.98. The summed E-state index contributed by atoms with van der Waals surface area (Å²) >= 11 is 1.55. The van der Waals surface area contributed by atoms with Crippen molar-refractivity contribution in [1.82, 2.24) is 14.7 Å². The first kappa shape index (κ1) is 13.6. The molecule has 0 spiro atoms. The quantitative estimate of drug-likeness (QED) is 0.797. The van der Waals surface area contributed by atoms with Gasteiger partial charge in [-0.05, 0) is 30.9 Å². The molecule has 4 heteroatoms. The first-order chi connectivity index (χ1) is 7.67. The van der Waals surface area contributed by atoms with Crippen molar-refractivity contribution in [1.29, 1.82) is 0 Å². The standard InChI is InChI=1S/C12H23N3S/c1-5-7-13-10(6-2)8-11-14-12(9(3)4)15-16-11/h9-10,13H,5-8H2,1-4H3. The SMILES string of the molecule is CCCNC(CC)Cc1nc(C(C)C)ns1. The molecule has 1 heterocycles. The molecule has 0 aliphatic rings. The molecule has 0 aliphatic carbocycles. The minimum atomic E-state index is 0.439. The Bertz CT molecular complexity index is 296. The van der Waals surface area contributed by atoms with Crippen LogP contribution in [0.15, 0.2) is 0 Å². The van der Waals surface area contributed by atoms with Gasteiger partial charge in [0.25, 0.3) is 0 Å². The van der Waals surface area contributed by atoms with Crippen LogP contribution in [0, 0.1) is 0 Å². The van der Waals surface area contributed by atoms with Gasteiger partial charge in [0.05, 0.1) is 0 Å². The second-order valence-electron chi connectivity index (χ2n) is 4.46. The molecule has 92 valence electrons. The molecule has 0 fully saturated rings. The van der Waals surface area contributed by atoms with Crippen LogP contribution in [0.25, 0.3) is 0 Å². The highest BCUT2D eigenvalue weighted by Gasteiger charge is 2.12. The van der Waals surface area contributed by atoms with Gasteiger partial charge in [-0.3, -0.25) is 0 Å². The van der Waals surface area contributed by atoms with Crippen molar-refractivity contribution in [3.05, 3.63) is 10.8 Å². The van der Waals surface area contributed by atoms with Crippen molar-refractivity contribution in [3.63, 3.8) is 0 Å². The minimum absolute atomic E-state index is 0.439. The van der Waals surface area contributed by atoms with E-state index in [-0.39, 0.29) is 0 Å². The molecule has 0 aromatic carbocycles. The van der Waals surface area contributed by atoms with Gasteiger partial charge < -0.3 is 5.32 Å². The van der Waals surface area contributed by atoms with Gasteiger partial charge in [-0.15, -0.1) is 0 Å². The molecular formula is C12H23N3S. The lowest BCUT2D eigenvalue weighted by atomic mass is 10.1. The van der Waals surface area contributed by atoms with Crippen LogP contribution in [0.2, 0.25) is 0 Å². The second-order valence-corrected chi connectivity index (χ2v) is 5.30. The molecule has 16 heavy (non-hydrogen) atoms. The minimum Gasteiger partial charge on any atom is -0.314 e. The molecule has 0 radical (unpaired) electrons. The van der Waals surface area contributed by atoms with E-state index in [1.807, 2.05) is 0 Å². The lowest BCUT2D eigenvalue weighted by Gasteiger charge is -2.14. The maximum Gasteiger partial charge on any atom is 0.145 e. The summed E-state index contributed by atoms with van der Waals surface area (Å²) < 4.78 is 4.39. The van der Waals surface area contributed by atoms with Gasteiger partial charge in [0, 0.05) is 18.4 Å². The molecule has 1 aromatic rings. The lowest BCUT2D eigenvalue weighted by Crippen LogP contribution is -2.31. The zero-order valence-corrected chi connectivity index (χ0v) is 11.6. The van der Waals surface area contributed by atoms with E-state index in [2.05, 4.69) is 42.4 Å². The fraction of sp³-hybridized carbons (Fsp3) is 0.833. The van der Waals surface area contributed by atoms with Crippen molar-refractivity contribution >= 4 is 11.5 Å². The maximum atomic E-state index is 4.57. The number of aromatic nitrogens is 2. The number of nitrogens with zero attached hydrogens (tertiary/aromatic N) is 2. The average Bonchev–Trinajstić information content (AvgIpc) is 2.72. The van der Waals surface area contributed by atoms with Crippen LogP contribution in [0.1, 0.15) is 57.3 Å². The van der Waals surface area contributed by atoms with Gasteiger partial charge in [-0.2, -0.15) is 4.37 Å². The van der Waals surface area contributed by atoms with E-state index >= 15 is 0 Å². The first-order valence-electron chi connectivity index (χ1n) is 6.23. The summed E-state index contributed by atoms with van der Waals surface area (Å²) in [5.41, 5.74) is 0. The van der Waals surface area contributed by atoms with Crippen molar-refractivity contribution < 1.29 is 0 Å². The van der Waals surface area contributed by atoms with Gasteiger partial charge in [-0.1, -0.05) is 27.7 Å². The van der Waals surface area contributed by atoms with Gasteiger partial charge in [0.15, 0.2) is 0 Å². The van der Waals surface area contributed by atoms with Crippen LogP contribution in [-0.2, 0) is 6.42 Å². The summed E-state index contributed by atoms with van der Waals surface area (Å²) in [4.78, 5) is 4.57. The Morgan fingerprint density at radius 1 is 1.31 bits per heavy atom. The third-order valence-corrected chi connectivity index (χ3v) is 3.34. The average molecular weight is 241 g/mol. The number of nitrogens with one attached hydrogen (secondary N) is 1. The molecule has 1 N–H and O–H groups in total. The smallest absolute Gasteiger partial charge is 0.145 e. The molecule has 0 amide bonds. The maximum absolute atomic E-state index is 4.57. The van der Waals surface area contributed by atoms with Gasteiger partial charge in [0.1, 0.15) is 10.8 Å². The zero-order chi connectivity index (χ0) is 12.0. The van der Waals surface area contributed by atoms with Gasteiger partial charge in [0.2, 0.25) is 0 Å². The molecule has 0 aliphatic heterocycles. The topological polar surface area (TPSA) is 37.8 Å². The molecule has 1 unspecified atom stereocenters. The van der Waals surface area contributed by atoms with E-state index in [1.54, 1.807) is 11.5 Å². The van der Waals surface area contributed by atoms with Crippen LogP contribution >= 0.6 is 11.5 Å². The van der Waals surface area contributed by atoms with Gasteiger partial charge >= 0.3 is 0 Å². The molecule has 1 atom stereocenters. The highest BCUT2D eigenvalue weighted by Crippen LogP contribution is 2.15. The van der Waals surface area contributed by atoms with Crippen LogP contribution in [0.5, 0.6) is 0 Å². The molecule has 1 aromatic heterocycles. The van der Waals surface area contributed by atoms with Crippen molar-refractivity contribution in [3.8, 4) is 0 Å². The molecule has 3 nitrogen and oxygen atoms in total. The monoisotopic (exact) mass is 241 g/mol. The summed E-state index contributed by atoms with van der Waals surface area (Å²) in [5.74, 6) is 1.43. The van der Waals surface area contributed by atoms with E-state index < -0.39 is 0 Å². The first-order valence-corrected chi connectivity index (χ1v) is 7.00. The van der Waals surface area contributed by atoms with Crippen LogP contribution in [0.4, 0.5) is 0 Å². The Labute approximate surface area is 103 Å². The third kappa shape index (κ3) is 4.18. The fourth-order valence-electron chi connectivity index (χ4n) is 1.51. The molecule has 0 saturated heterocycles. The van der Waals surface area contributed by atoms with Crippen LogP contribution < -0.4 is 5.32 Å². The van der Waals surface area contributed by atoms with Crippen molar-refractivity contribution in [2.24, 2.45) is 0 Å². The second kappa shape index (κ2) is 6.97. The highest BCUT2D eigenvalue weighted by atomic mass is 32.1.